The van der Waals surface area contributed by atoms with Crippen molar-refractivity contribution in [3.05, 3.63) is 56.7 Å². The first kappa shape index (κ1) is 27.8. The summed E-state index contributed by atoms with van der Waals surface area (Å²) >= 11 is 0. The first-order chi connectivity index (χ1) is 17.4. The number of halogens is 1. The van der Waals surface area contributed by atoms with Gasteiger partial charge in [0, 0.05) is 31.8 Å². The Hall–Kier alpha value is -4.75. The van der Waals surface area contributed by atoms with Gasteiger partial charge in [-0.15, -0.1) is 12.4 Å². The van der Waals surface area contributed by atoms with Crippen LogP contribution in [0.15, 0.2) is 44.7 Å². The Bertz CT molecular complexity index is 1730. The molecule has 0 radical (unpaired) electrons. The minimum absolute atomic E-state index is 0. The summed E-state index contributed by atoms with van der Waals surface area (Å²) in [5, 5.41) is 48.4. The molecule has 2 aromatic heterocycles. The number of benzene rings is 2. The van der Waals surface area contributed by atoms with Crippen molar-refractivity contribution in [1.82, 2.24) is 4.57 Å². The largest absolute Gasteiger partial charge is 0.504 e. The van der Waals surface area contributed by atoms with Crippen LogP contribution in [-0.4, -0.2) is 54.7 Å². The minimum atomic E-state index is -1.33. The van der Waals surface area contributed by atoms with Gasteiger partial charge in [-0.05, 0) is 6.07 Å². The first-order valence-corrected chi connectivity index (χ1v) is 10.6. The molecule has 0 saturated carbocycles. The molecule has 7 N–H and O–H groups in total. The average molecular weight is 549 g/mol. The monoisotopic (exact) mass is 548 g/mol. The summed E-state index contributed by atoms with van der Waals surface area (Å²) in [5.74, 6) is -5.39. The highest BCUT2D eigenvalue weighted by Crippen LogP contribution is 2.36. The fraction of sp³-hybridized carbons (Fsp3) is 0.167. The van der Waals surface area contributed by atoms with E-state index in [9.17, 15) is 39.6 Å². The van der Waals surface area contributed by atoms with E-state index in [1.807, 2.05) is 0 Å². The molecule has 0 amide bonds. The molecule has 0 aliphatic heterocycles. The second-order valence-electron chi connectivity index (χ2n) is 8.18. The number of carbonyl (C=O) groups is 2. The fourth-order valence-corrected chi connectivity index (χ4v) is 3.82. The number of phenolic OH excluding ortho intramolecular Hbond substituents is 4. The number of aromatic nitrogens is 1. The van der Waals surface area contributed by atoms with Gasteiger partial charge in [0.2, 0.25) is 5.43 Å². The number of rotatable bonds is 6. The van der Waals surface area contributed by atoms with E-state index >= 15 is 0 Å². The summed E-state index contributed by atoms with van der Waals surface area (Å²) < 4.78 is 11.8. The summed E-state index contributed by atoms with van der Waals surface area (Å²) in [6, 6.07) is 1.77. The molecule has 38 heavy (non-hydrogen) atoms. The van der Waals surface area contributed by atoms with E-state index in [2.05, 4.69) is 0 Å². The minimum Gasteiger partial charge on any atom is -0.504 e. The zero-order valence-electron chi connectivity index (χ0n) is 19.5. The summed E-state index contributed by atoms with van der Waals surface area (Å²) in [6.45, 7) is -0.477. The molecule has 0 unspecified atom stereocenters. The van der Waals surface area contributed by atoms with Gasteiger partial charge in [0.15, 0.2) is 28.4 Å². The Morgan fingerprint density at radius 2 is 1.68 bits per heavy atom. The second-order valence-corrected chi connectivity index (χ2v) is 8.18. The zero-order chi connectivity index (χ0) is 27.2. The van der Waals surface area contributed by atoms with Crippen LogP contribution in [0.3, 0.4) is 0 Å². The van der Waals surface area contributed by atoms with E-state index in [0.717, 1.165) is 18.4 Å². The Labute approximate surface area is 217 Å². The van der Waals surface area contributed by atoms with Gasteiger partial charge < -0.3 is 45.0 Å². The van der Waals surface area contributed by atoms with Crippen LogP contribution in [0.5, 0.6) is 23.0 Å². The van der Waals surface area contributed by atoms with Gasteiger partial charge in [-0.2, -0.15) is 0 Å². The van der Waals surface area contributed by atoms with Gasteiger partial charge in [-0.3, -0.25) is 14.4 Å². The molecule has 2 heterocycles. The van der Waals surface area contributed by atoms with Crippen LogP contribution in [0.4, 0.5) is 0 Å². The highest BCUT2D eigenvalue weighted by Gasteiger charge is 2.26. The molecule has 0 aliphatic carbocycles. The Kier molecular flexibility index (Phi) is 7.56. The third-order valence-electron chi connectivity index (χ3n) is 5.78. The SMILES string of the molecule is Cl.Cn1cc(-c2coc3cc(O)c(O)c(C(=O)OCC[C@H](N)C(=O)O)c3c2=O)c(=O)c2cc(O)c(O)cc21. The molecule has 0 bridgehead atoms. The number of hydrogen-bond donors (Lipinski definition) is 6. The molecule has 1 atom stereocenters. The molecule has 200 valence electrons. The van der Waals surface area contributed by atoms with Crippen LogP contribution in [0, 0.1) is 0 Å². The molecule has 0 fully saturated rings. The summed E-state index contributed by atoms with van der Waals surface area (Å²) in [5.41, 5.74) is 2.43. The lowest BCUT2D eigenvalue weighted by Crippen LogP contribution is -2.31. The quantitative estimate of drug-likeness (QED) is 0.149. The van der Waals surface area contributed by atoms with Gasteiger partial charge in [0.1, 0.15) is 23.5 Å². The number of fused-ring (bicyclic) bond motifs is 2. The number of aliphatic carboxylic acids is 1. The number of ether oxygens (including phenoxy) is 1. The van der Waals surface area contributed by atoms with Crippen molar-refractivity contribution in [2.45, 2.75) is 12.5 Å². The maximum Gasteiger partial charge on any atom is 0.342 e. The number of pyridine rings is 1. The van der Waals surface area contributed by atoms with Crippen LogP contribution in [0.25, 0.3) is 33.0 Å². The normalized spacial score (nSPS) is 11.7. The lowest BCUT2D eigenvalue weighted by molar-refractivity contribution is -0.138. The van der Waals surface area contributed by atoms with Crippen molar-refractivity contribution in [3.8, 4) is 34.1 Å². The summed E-state index contributed by atoms with van der Waals surface area (Å²) in [6.07, 6.45) is 1.95. The molecular weight excluding hydrogens is 528 g/mol. The summed E-state index contributed by atoms with van der Waals surface area (Å²) in [4.78, 5) is 50.3. The first-order valence-electron chi connectivity index (χ1n) is 10.6. The number of nitrogens with two attached hydrogens (primary N) is 1. The van der Waals surface area contributed by atoms with Crippen LogP contribution in [0.1, 0.15) is 16.8 Å². The van der Waals surface area contributed by atoms with Gasteiger partial charge in [0.25, 0.3) is 0 Å². The van der Waals surface area contributed by atoms with E-state index in [4.69, 9.17) is 20.0 Å². The predicted molar refractivity (Wildman–Crippen MR) is 135 cm³/mol. The smallest absolute Gasteiger partial charge is 0.342 e. The van der Waals surface area contributed by atoms with Crippen molar-refractivity contribution in [3.63, 3.8) is 0 Å². The number of aromatic hydroxyl groups is 4. The second kappa shape index (κ2) is 10.3. The molecular formula is C24H21ClN2O11. The Morgan fingerprint density at radius 3 is 2.34 bits per heavy atom. The van der Waals surface area contributed by atoms with Crippen LogP contribution < -0.4 is 16.6 Å². The van der Waals surface area contributed by atoms with Crippen LogP contribution >= 0.6 is 12.4 Å². The van der Waals surface area contributed by atoms with E-state index < -0.39 is 69.4 Å². The molecule has 2 aromatic carbocycles. The fourth-order valence-electron chi connectivity index (χ4n) is 3.82. The van der Waals surface area contributed by atoms with E-state index in [-0.39, 0.29) is 46.4 Å². The van der Waals surface area contributed by atoms with Crippen molar-refractivity contribution < 1.29 is 44.3 Å². The van der Waals surface area contributed by atoms with Crippen molar-refractivity contribution in [2.75, 3.05) is 6.61 Å². The molecule has 4 rings (SSSR count). The summed E-state index contributed by atoms with van der Waals surface area (Å²) in [7, 11) is 1.53. The number of aryl methyl sites for hydroxylation is 1. The number of nitrogens with zero attached hydrogens (tertiary/aromatic N) is 1. The van der Waals surface area contributed by atoms with E-state index in [1.165, 1.54) is 23.9 Å². The number of esters is 1. The Morgan fingerprint density at radius 1 is 1.03 bits per heavy atom. The van der Waals surface area contributed by atoms with Crippen molar-refractivity contribution >= 4 is 46.2 Å². The van der Waals surface area contributed by atoms with Gasteiger partial charge >= 0.3 is 11.9 Å². The highest BCUT2D eigenvalue weighted by molar-refractivity contribution is 6.07. The lowest BCUT2D eigenvalue weighted by atomic mass is 10.0. The van der Waals surface area contributed by atoms with Crippen molar-refractivity contribution in [1.29, 1.82) is 0 Å². The molecule has 13 nitrogen and oxygen atoms in total. The number of phenols is 4. The topological polar surface area (TPSA) is 223 Å². The predicted octanol–water partition coefficient (Wildman–Crippen LogP) is 1.51. The van der Waals surface area contributed by atoms with Crippen LogP contribution in [-0.2, 0) is 16.6 Å². The average Bonchev–Trinajstić information content (AvgIpc) is 2.84. The number of carboxylic acid groups (broad SMARTS) is 1. The third-order valence-corrected chi connectivity index (χ3v) is 5.78. The van der Waals surface area contributed by atoms with Gasteiger partial charge in [-0.25, -0.2) is 4.79 Å². The third kappa shape index (κ3) is 4.67. The lowest BCUT2D eigenvalue weighted by Gasteiger charge is -2.13. The maximum absolute atomic E-state index is 13.5. The molecule has 0 spiro atoms. The van der Waals surface area contributed by atoms with Crippen LogP contribution in [0.2, 0.25) is 0 Å². The van der Waals surface area contributed by atoms with Gasteiger partial charge in [0.05, 0.1) is 34.0 Å². The van der Waals surface area contributed by atoms with E-state index in [1.54, 1.807) is 0 Å². The zero-order valence-corrected chi connectivity index (χ0v) is 20.3. The molecule has 0 aliphatic rings. The van der Waals surface area contributed by atoms with Crippen molar-refractivity contribution in [2.24, 2.45) is 12.8 Å². The maximum atomic E-state index is 13.5. The number of carbonyl (C=O) groups excluding carboxylic acids is 1. The molecule has 14 heteroatoms. The number of hydrogen-bond acceptors (Lipinski definition) is 11. The standard InChI is InChI=1S/C24H20N2O11.ClH/c1-26-7-10(20(30)9-4-14(27)15(28)5-13(9)26)11-8-37-17-6-16(29)22(32)19(18(17)21(11)31)24(35)36-3-2-12(25)23(33)34;/h4-8,12,27-29,32H,2-3,25H2,1H3,(H,33,34);1H/t12-;/m0./s1. The number of carboxylic acids is 1. The van der Waals surface area contributed by atoms with E-state index in [0.29, 0.717) is 0 Å². The Balaban J connectivity index is 0.00000400. The molecule has 0 saturated heterocycles. The highest BCUT2D eigenvalue weighted by atomic mass is 35.5. The van der Waals surface area contributed by atoms with Gasteiger partial charge in [-0.1, -0.05) is 0 Å². The molecule has 4 aromatic rings.